The quantitative estimate of drug-likeness (QED) is 0.537. The lowest BCUT2D eigenvalue weighted by atomic mass is 10.1. The molecule has 1 unspecified atom stereocenters. The molecule has 1 aromatic heterocycles. The monoisotopic (exact) mass is 462 g/mol. The number of hydrogen-bond acceptors (Lipinski definition) is 6. The van der Waals surface area contributed by atoms with Crippen molar-refractivity contribution in [1.29, 1.82) is 0 Å². The van der Waals surface area contributed by atoms with E-state index in [1.165, 1.54) is 10.7 Å². The Hall–Kier alpha value is -3.81. The Labute approximate surface area is 199 Å². The first-order valence-electron chi connectivity index (χ1n) is 11.5. The fourth-order valence-electron chi connectivity index (χ4n) is 4.11. The number of amides is 1. The normalized spacial score (nSPS) is 14.6. The van der Waals surface area contributed by atoms with E-state index in [0.717, 1.165) is 22.7 Å². The highest BCUT2D eigenvalue weighted by atomic mass is 16.5. The second-order valence-electron chi connectivity index (χ2n) is 8.15. The largest absolute Gasteiger partial charge is 0.497 e. The van der Waals surface area contributed by atoms with Gasteiger partial charge in [-0.3, -0.25) is 9.59 Å². The highest BCUT2D eigenvalue weighted by Gasteiger charge is 2.27. The van der Waals surface area contributed by atoms with Crippen LogP contribution < -0.4 is 19.9 Å². The van der Waals surface area contributed by atoms with E-state index in [4.69, 9.17) is 9.47 Å². The van der Waals surface area contributed by atoms with E-state index in [2.05, 4.69) is 10.00 Å². The van der Waals surface area contributed by atoms with Gasteiger partial charge < -0.3 is 19.3 Å². The van der Waals surface area contributed by atoms with Crippen molar-refractivity contribution in [2.75, 3.05) is 44.8 Å². The molecule has 4 rings (SSSR count). The topological polar surface area (TPSA) is 76.9 Å². The Morgan fingerprint density at radius 2 is 1.74 bits per heavy atom. The number of carbonyl (C=O) groups excluding carboxylic acids is 1. The average molecular weight is 463 g/mol. The van der Waals surface area contributed by atoms with Gasteiger partial charge >= 0.3 is 0 Å². The van der Waals surface area contributed by atoms with Crippen molar-refractivity contribution in [2.45, 2.75) is 19.9 Å². The number of methoxy groups -OCH3 is 1. The van der Waals surface area contributed by atoms with E-state index < -0.39 is 6.04 Å². The molecule has 0 bridgehead atoms. The summed E-state index contributed by atoms with van der Waals surface area (Å²) in [6, 6.07) is 17.9. The molecule has 178 valence electrons. The number of hydrogen-bond donors (Lipinski definition) is 0. The highest BCUT2D eigenvalue weighted by Crippen LogP contribution is 2.23. The van der Waals surface area contributed by atoms with E-state index in [1.807, 2.05) is 55.5 Å². The Kier molecular flexibility index (Phi) is 7.15. The van der Waals surface area contributed by atoms with Crippen molar-refractivity contribution in [3.8, 4) is 22.8 Å². The first kappa shape index (κ1) is 23.4. The molecule has 1 atom stereocenters. The first-order valence-corrected chi connectivity index (χ1v) is 11.5. The SMILES string of the molecule is CCOc1ccc(-c2ccc(=O)n(C(C)C(=O)N3CCN(c4cccc(OC)c4)CC3)n2)cc1. The van der Waals surface area contributed by atoms with E-state index in [1.54, 1.807) is 25.0 Å². The number of carbonyl (C=O) groups is 1. The van der Waals surface area contributed by atoms with Gasteiger partial charge in [0.05, 0.1) is 19.4 Å². The zero-order valence-corrected chi connectivity index (χ0v) is 19.8. The van der Waals surface area contributed by atoms with Gasteiger partial charge in [0.2, 0.25) is 5.91 Å². The maximum Gasteiger partial charge on any atom is 0.267 e. The van der Waals surface area contributed by atoms with Gasteiger partial charge in [0.15, 0.2) is 0 Å². The Morgan fingerprint density at radius 1 is 1.00 bits per heavy atom. The molecule has 1 saturated heterocycles. The molecule has 34 heavy (non-hydrogen) atoms. The van der Waals surface area contributed by atoms with Crippen molar-refractivity contribution >= 4 is 11.6 Å². The molecule has 0 saturated carbocycles. The van der Waals surface area contributed by atoms with E-state index in [9.17, 15) is 9.59 Å². The summed E-state index contributed by atoms with van der Waals surface area (Å²) < 4.78 is 12.1. The Bertz CT molecular complexity index is 1180. The van der Waals surface area contributed by atoms with Gasteiger partial charge in [-0.05, 0) is 56.3 Å². The molecule has 2 heterocycles. The van der Waals surface area contributed by atoms with Gasteiger partial charge in [-0.2, -0.15) is 5.10 Å². The lowest BCUT2D eigenvalue weighted by molar-refractivity contribution is -0.135. The summed E-state index contributed by atoms with van der Waals surface area (Å²) in [5.74, 6) is 1.47. The number of aromatic nitrogens is 2. The molecule has 1 aliphatic heterocycles. The van der Waals surface area contributed by atoms with Crippen LogP contribution in [0.2, 0.25) is 0 Å². The standard InChI is InChI=1S/C26H30N4O4/c1-4-34-22-10-8-20(9-11-22)24-12-13-25(31)30(27-24)19(2)26(32)29-16-14-28(15-17-29)21-6-5-7-23(18-21)33-3/h5-13,18-19H,4,14-17H2,1-3H3. The predicted octanol–water partition coefficient (Wildman–Crippen LogP) is 3.23. The van der Waals surface area contributed by atoms with Gasteiger partial charge in [-0.1, -0.05) is 6.07 Å². The molecule has 1 fully saturated rings. The van der Waals surface area contributed by atoms with Crippen molar-refractivity contribution < 1.29 is 14.3 Å². The Morgan fingerprint density at radius 3 is 2.41 bits per heavy atom. The van der Waals surface area contributed by atoms with Crippen molar-refractivity contribution in [3.05, 3.63) is 71.0 Å². The van der Waals surface area contributed by atoms with Gasteiger partial charge in [0.25, 0.3) is 5.56 Å². The van der Waals surface area contributed by atoms with E-state index in [-0.39, 0.29) is 11.5 Å². The summed E-state index contributed by atoms with van der Waals surface area (Å²) in [4.78, 5) is 29.8. The molecule has 1 amide bonds. The van der Waals surface area contributed by atoms with Crippen LogP contribution in [0.25, 0.3) is 11.3 Å². The minimum Gasteiger partial charge on any atom is -0.497 e. The number of piperazine rings is 1. The van der Waals surface area contributed by atoms with Crippen LogP contribution >= 0.6 is 0 Å². The molecule has 1 aliphatic rings. The number of nitrogens with zero attached hydrogens (tertiary/aromatic N) is 4. The lowest BCUT2D eigenvalue weighted by Crippen LogP contribution is -2.51. The summed E-state index contributed by atoms with van der Waals surface area (Å²) in [6.45, 7) is 6.83. The smallest absolute Gasteiger partial charge is 0.267 e. The van der Waals surface area contributed by atoms with E-state index >= 15 is 0 Å². The minimum absolute atomic E-state index is 0.108. The fourth-order valence-corrected chi connectivity index (χ4v) is 4.11. The number of rotatable bonds is 7. The van der Waals surface area contributed by atoms with Crippen molar-refractivity contribution in [1.82, 2.24) is 14.7 Å². The second kappa shape index (κ2) is 10.4. The van der Waals surface area contributed by atoms with Crippen LogP contribution in [0.5, 0.6) is 11.5 Å². The third kappa shape index (κ3) is 5.06. The molecular formula is C26H30N4O4. The zero-order valence-electron chi connectivity index (χ0n) is 19.8. The average Bonchev–Trinajstić information content (AvgIpc) is 2.89. The maximum atomic E-state index is 13.2. The molecule has 0 N–H and O–H groups in total. The van der Waals surface area contributed by atoms with Crippen LogP contribution in [0.3, 0.4) is 0 Å². The van der Waals surface area contributed by atoms with Crippen LogP contribution in [0.1, 0.15) is 19.9 Å². The maximum absolute atomic E-state index is 13.2. The van der Waals surface area contributed by atoms with Gasteiger partial charge in [0, 0.05) is 49.6 Å². The van der Waals surface area contributed by atoms with E-state index in [0.29, 0.717) is 38.5 Å². The van der Waals surface area contributed by atoms with Gasteiger partial charge in [0.1, 0.15) is 17.5 Å². The molecular weight excluding hydrogens is 432 g/mol. The number of benzene rings is 2. The summed E-state index contributed by atoms with van der Waals surface area (Å²) in [6.07, 6.45) is 0. The zero-order chi connectivity index (χ0) is 24.1. The summed E-state index contributed by atoms with van der Waals surface area (Å²) >= 11 is 0. The van der Waals surface area contributed by atoms with Crippen LogP contribution in [-0.4, -0.2) is 60.5 Å². The van der Waals surface area contributed by atoms with Crippen LogP contribution in [0.4, 0.5) is 5.69 Å². The molecule has 8 heteroatoms. The summed E-state index contributed by atoms with van der Waals surface area (Å²) in [5, 5.41) is 4.51. The predicted molar refractivity (Wildman–Crippen MR) is 132 cm³/mol. The third-order valence-electron chi connectivity index (χ3n) is 6.02. The minimum atomic E-state index is -0.696. The molecule has 8 nitrogen and oxygen atoms in total. The van der Waals surface area contributed by atoms with Crippen LogP contribution in [0.15, 0.2) is 65.5 Å². The van der Waals surface area contributed by atoms with Crippen LogP contribution in [0, 0.1) is 0 Å². The van der Waals surface area contributed by atoms with Crippen molar-refractivity contribution in [2.24, 2.45) is 0 Å². The lowest BCUT2D eigenvalue weighted by Gasteiger charge is -2.37. The molecule has 3 aromatic rings. The van der Waals surface area contributed by atoms with Crippen molar-refractivity contribution in [3.63, 3.8) is 0 Å². The number of anilines is 1. The first-order chi connectivity index (χ1) is 16.5. The van der Waals surface area contributed by atoms with Crippen LogP contribution in [-0.2, 0) is 4.79 Å². The molecule has 0 radical (unpaired) electrons. The summed E-state index contributed by atoms with van der Waals surface area (Å²) in [5.41, 5.74) is 2.25. The third-order valence-corrected chi connectivity index (χ3v) is 6.02. The van der Waals surface area contributed by atoms with Gasteiger partial charge in [-0.25, -0.2) is 4.68 Å². The fraction of sp³-hybridized carbons (Fsp3) is 0.346. The van der Waals surface area contributed by atoms with Gasteiger partial charge in [-0.15, -0.1) is 0 Å². The highest BCUT2D eigenvalue weighted by molar-refractivity contribution is 5.80. The number of ether oxygens (including phenoxy) is 2. The summed E-state index contributed by atoms with van der Waals surface area (Å²) in [7, 11) is 1.65. The molecule has 0 aliphatic carbocycles. The molecule has 0 spiro atoms. The second-order valence-corrected chi connectivity index (χ2v) is 8.15. The molecule has 2 aromatic carbocycles. The Balaban J connectivity index is 1.45.